The summed E-state index contributed by atoms with van der Waals surface area (Å²) in [6.45, 7) is 10.5. The van der Waals surface area contributed by atoms with Gasteiger partial charge in [0, 0.05) is 17.7 Å². The van der Waals surface area contributed by atoms with Gasteiger partial charge < -0.3 is 0 Å². The predicted molar refractivity (Wildman–Crippen MR) is 52.9 cm³/mol. The Morgan fingerprint density at radius 3 is 2.45 bits per heavy atom. The third-order valence-corrected chi connectivity index (χ3v) is 3.45. The van der Waals surface area contributed by atoms with E-state index in [2.05, 4.69) is 44.4 Å². The first-order valence-electron chi connectivity index (χ1n) is 4.37. The molecular weight excluding hydrogens is 154 g/mol. The Kier molecular flexibility index (Phi) is 2.87. The smallest absolute Gasteiger partial charge is 0.0448 e. The molecule has 1 rings (SSSR count). The van der Waals surface area contributed by atoms with E-state index >= 15 is 0 Å². The van der Waals surface area contributed by atoms with Crippen molar-refractivity contribution in [1.29, 1.82) is 0 Å². The van der Waals surface area contributed by atoms with Gasteiger partial charge in [0.15, 0.2) is 0 Å². The maximum Gasteiger partial charge on any atom is 0.0448 e. The van der Waals surface area contributed by atoms with Gasteiger partial charge in [-0.3, -0.25) is 4.90 Å². The van der Waals surface area contributed by atoms with Crippen LogP contribution in [0.25, 0.3) is 0 Å². The molecule has 1 atom stereocenters. The molecular formula is C9H19NS. The van der Waals surface area contributed by atoms with Crippen LogP contribution >= 0.6 is 11.8 Å². The van der Waals surface area contributed by atoms with Crippen molar-refractivity contribution < 1.29 is 0 Å². The summed E-state index contributed by atoms with van der Waals surface area (Å²) in [5.41, 5.74) is 0.458. The molecule has 11 heavy (non-hydrogen) atoms. The fourth-order valence-corrected chi connectivity index (χ4v) is 3.22. The highest BCUT2D eigenvalue weighted by atomic mass is 32.2. The molecule has 66 valence electrons. The highest BCUT2D eigenvalue weighted by Gasteiger charge is 2.33. The van der Waals surface area contributed by atoms with E-state index in [4.69, 9.17) is 0 Å². The fourth-order valence-electron chi connectivity index (χ4n) is 1.59. The van der Waals surface area contributed by atoms with Crippen molar-refractivity contribution in [2.45, 2.75) is 33.7 Å². The molecule has 0 aliphatic carbocycles. The van der Waals surface area contributed by atoms with E-state index in [0.717, 1.165) is 6.04 Å². The molecule has 0 aromatic carbocycles. The molecule has 1 heterocycles. The Morgan fingerprint density at radius 2 is 2.09 bits per heavy atom. The zero-order chi connectivity index (χ0) is 8.48. The van der Waals surface area contributed by atoms with Crippen molar-refractivity contribution in [3.8, 4) is 0 Å². The Labute approximate surface area is 74.5 Å². The normalized spacial score (nSPS) is 27.8. The number of rotatable bonds is 1. The van der Waals surface area contributed by atoms with E-state index in [1.807, 2.05) is 0 Å². The van der Waals surface area contributed by atoms with Crippen molar-refractivity contribution in [2.24, 2.45) is 5.41 Å². The highest BCUT2D eigenvalue weighted by Crippen LogP contribution is 2.32. The lowest BCUT2D eigenvalue weighted by molar-refractivity contribution is 0.156. The quantitative estimate of drug-likeness (QED) is 0.599. The van der Waals surface area contributed by atoms with Crippen molar-refractivity contribution in [2.75, 3.05) is 18.2 Å². The van der Waals surface area contributed by atoms with Crippen LogP contribution in [0.1, 0.15) is 27.7 Å². The summed E-state index contributed by atoms with van der Waals surface area (Å²) in [5.74, 6) is 2.55. The van der Waals surface area contributed by atoms with Gasteiger partial charge in [0.05, 0.1) is 0 Å². The van der Waals surface area contributed by atoms with Crippen LogP contribution in [0.3, 0.4) is 0 Å². The molecule has 1 aliphatic rings. The highest BCUT2D eigenvalue weighted by molar-refractivity contribution is 7.99. The van der Waals surface area contributed by atoms with E-state index in [-0.39, 0.29) is 0 Å². The molecule has 0 bridgehead atoms. The summed E-state index contributed by atoms with van der Waals surface area (Å²) in [7, 11) is 0. The molecule has 1 fully saturated rings. The molecule has 0 aromatic heterocycles. The average molecular weight is 173 g/mol. The lowest BCUT2D eigenvalue weighted by atomic mass is 9.87. The van der Waals surface area contributed by atoms with Gasteiger partial charge in [0.25, 0.3) is 0 Å². The molecule has 1 saturated heterocycles. The summed E-state index contributed by atoms with van der Waals surface area (Å²) in [5, 5.41) is 0. The van der Waals surface area contributed by atoms with Gasteiger partial charge in [0.2, 0.25) is 0 Å². The third kappa shape index (κ3) is 2.12. The zero-order valence-corrected chi connectivity index (χ0v) is 8.87. The topological polar surface area (TPSA) is 3.24 Å². The second-order valence-corrected chi connectivity index (χ2v) is 5.29. The number of nitrogens with zero attached hydrogens (tertiary/aromatic N) is 1. The fraction of sp³-hybridized carbons (Fsp3) is 1.00. The van der Waals surface area contributed by atoms with Crippen LogP contribution in [0.15, 0.2) is 0 Å². The number of hydrogen-bond donors (Lipinski definition) is 0. The van der Waals surface area contributed by atoms with E-state index in [1.54, 1.807) is 0 Å². The van der Waals surface area contributed by atoms with Gasteiger partial charge in [-0.2, -0.15) is 0 Å². The molecule has 1 unspecified atom stereocenters. The Morgan fingerprint density at radius 1 is 1.45 bits per heavy atom. The van der Waals surface area contributed by atoms with Crippen molar-refractivity contribution in [3.05, 3.63) is 0 Å². The van der Waals surface area contributed by atoms with E-state index in [9.17, 15) is 0 Å². The molecule has 0 radical (unpaired) electrons. The minimum atomic E-state index is 0.458. The van der Waals surface area contributed by atoms with Crippen LogP contribution in [0.2, 0.25) is 0 Å². The van der Waals surface area contributed by atoms with E-state index < -0.39 is 0 Å². The van der Waals surface area contributed by atoms with Crippen LogP contribution < -0.4 is 0 Å². The predicted octanol–water partition coefficient (Wildman–Crippen LogP) is 2.43. The SMILES string of the molecule is CCN1CSCC1C(C)(C)C. The summed E-state index contributed by atoms with van der Waals surface area (Å²) >= 11 is 2.07. The van der Waals surface area contributed by atoms with Crippen molar-refractivity contribution in [3.63, 3.8) is 0 Å². The van der Waals surface area contributed by atoms with Crippen molar-refractivity contribution in [1.82, 2.24) is 4.90 Å². The first-order chi connectivity index (χ1) is 5.05. The zero-order valence-electron chi connectivity index (χ0n) is 8.05. The van der Waals surface area contributed by atoms with Gasteiger partial charge in [-0.1, -0.05) is 27.7 Å². The average Bonchev–Trinajstić information content (AvgIpc) is 2.31. The summed E-state index contributed by atoms with van der Waals surface area (Å²) < 4.78 is 0. The molecule has 0 saturated carbocycles. The molecule has 0 amide bonds. The van der Waals surface area contributed by atoms with Crippen LogP contribution in [0.4, 0.5) is 0 Å². The van der Waals surface area contributed by atoms with Gasteiger partial charge in [-0.05, 0) is 12.0 Å². The monoisotopic (exact) mass is 173 g/mol. The first kappa shape index (κ1) is 9.40. The van der Waals surface area contributed by atoms with Crippen LogP contribution in [0.5, 0.6) is 0 Å². The molecule has 0 spiro atoms. The molecule has 2 heteroatoms. The molecule has 1 aliphatic heterocycles. The van der Waals surface area contributed by atoms with Crippen LogP contribution in [0, 0.1) is 5.41 Å². The lowest BCUT2D eigenvalue weighted by Gasteiger charge is -2.33. The summed E-state index contributed by atoms with van der Waals surface area (Å²) in [6, 6.07) is 0.789. The third-order valence-electron chi connectivity index (χ3n) is 2.38. The van der Waals surface area contributed by atoms with E-state index in [1.165, 1.54) is 18.2 Å². The van der Waals surface area contributed by atoms with Crippen LogP contribution in [-0.4, -0.2) is 29.1 Å². The Bertz CT molecular complexity index is 128. The maximum atomic E-state index is 2.57. The summed E-state index contributed by atoms with van der Waals surface area (Å²) in [4.78, 5) is 2.57. The van der Waals surface area contributed by atoms with Gasteiger partial charge in [-0.15, -0.1) is 11.8 Å². The molecule has 0 N–H and O–H groups in total. The Balaban J connectivity index is 2.57. The minimum absolute atomic E-state index is 0.458. The largest absolute Gasteiger partial charge is 0.290 e. The van der Waals surface area contributed by atoms with Crippen molar-refractivity contribution >= 4 is 11.8 Å². The number of thioether (sulfide) groups is 1. The van der Waals surface area contributed by atoms with Gasteiger partial charge in [-0.25, -0.2) is 0 Å². The summed E-state index contributed by atoms with van der Waals surface area (Å²) in [6.07, 6.45) is 0. The van der Waals surface area contributed by atoms with E-state index in [0.29, 0.717) is 5.41 Å². The van der Waals surface area contributed by atoms with Crippen LogP contribution in [-0.2, 0) is 0 Å². The minimum Gasteiger partial charge on any atom is -0.290 e. The standard InChI is InChI=1S/C9H19NS/c1-5-10-7-11-6-8(10)9(2,3)4/h8H,5-7H2,1-4H3. The Hall–Kier alpha value is 0.310. The van der Waals surface area contributed by atoms with Gasteiger partial charge >= 0.3 is 0 Å². The number of hydrogen-bond acceptors (Lipinski definition) is 2. The molecule has 1 nitrogen and oxygen atoms in total. The maximum absolute atomic E-state index is 2.57. The second-order valence-electron chi connectivity index (χ2n) is 4.29. The van der Waals surface area contributed by atoms with Gasteiger partial charge in [0.1, 0.15) is 0 Å². The second kappa shape index (κ2) is 3.36. The first-order valence-corrected chi connectivity index (χ1v) is 5.53. The molecule has 0 aromatic rings. The lowest BCUT2D eigenvalue weighted by Crippen LogP contribution is -2.40.